The van der Waals surface area contributed by atoms with Gasteiger partial charge in [-0.3, -0.25) is 14.5 Å². The number of aliphatic hydroxyl groups excluding tert-OH is 1. The molecule has 3 aliphatic heterocycles. The van der Waals surface area contributed by atoms with Crippen LogP contribution in [0, 0.1) is 0 Å². The number of anilines is 1. The number of rotatable bonds is 11. The van der Waals surface area contributed by atoms with E-state index in [0.717, 1.165) is 62.6 Å². The predicted octanol–water partition coefficient (Wildman–Crippen LogP) is 6.34. The number of aliphatic hydroxyl groups is 1. The van der Waals surface area contributed by atoms with Gasteiger partial charge in [0.25, 0.3) is 5.91 Å². The number of aryl methyl sites for hydroxylation is 1. The predicted molar refractivity (Wildman–Crippen MR) is 210 cm³/mol. The normalized spacial score (nSPS) is 22.1. The number of benzene rings is 4. The smallest absolute Gasteiger partial charge is 0.255 e. The highest BCUT2D eigenvalue weighted by molar-refractivity contribution is 6.01. The van der Waals surface area contributed by atoms with Crippen LogP contribution in [-0.2, 0) is 17.8 Å². The molecule has 0 aromatic heterocycles. The van der Waals surface area contributed by atoms with E-state index >= 15 is 0 Å². The Morgan fingerprint density at radius 3 is 2.41 bits per heavy atom. The van der Waals surface area contributed by atoms with Gasteiger partial charge in [-0.15, -0.1) is 0 Å². The number of nitrogens with one attached hydrogen (secondary N) is 1. The standard InChI is InChI=1S/C45H50N4O5/c1-30-7-18-42(44(52)46-30)49-29-34-27-35(11-16-41(34)45(49)53)48-24-22-47(23-25-48)21-19-36(50)20-26-54-38-13-8-32(9-14-38)43-39(31-5-3-2-4-6-31)15-10-33-28-37(51)12-17-40(33)43/h2-6,8-9,11-14,16-17,27-28,36,39,42-43,50-51H,1,7,10,15,18-26,29H2,(H,46,52)/t36?,39-,42?,43+/m1/s1. The highest BCUT2D eigenvalue weighted by atomic mass is 16.5. The summed E-state index contributed by atoms with van der Waals surface area (Å²) in [5.41, 5.74) is 8.55. The molecule has 3 N–H and O–H groups in total. The van der Waals surface area contributed by atoms with Crippen molar-refractivity contribution in [3.63, 3.8) is 0 Å². The largest absolute Gasteiger partial charge is 0.508 e. The lowest BCUT2D eigenvalue weighted by Crippen LogP contribution is -2.49. The highest BCUT2D eigenvalue weighted by Gasteiger charge is 2.38. The zero-order valence-corrected chi connectivity index (χ0v) is 30.8. The maximum atomic E-state index is 13.1. The number of fused-ring (bicyclic) bond motifs is 2. The van der Waals surface area contributed by atoms with Crippen molar-refractivity contribution in [1.82, 2.24) is 15.1 Å². The number of nitrogens with zero attached hydrogens (tertiary/aromatic N) is 3. The van der Waals surface area contributed by atoms with Crippen LogP contribution in [0.4, 0.5) is 5.69 Å². The van der Waals surface area contributed by atoms with Gasteiger partial charge in [-0.1, -0.05) is 55.1 Å². The zero-order chi connectivity index (χ0) is 37.2. The minimum atomic E-state index is -0.451. The molecule has 4 aliphatic rings. The fraction of sp³-hybridized carbons (Fsp3) is 0.378. The Bertz CT molecular complexity index is 1990. The molecule has 2 saturated heterocycles. The van der Waals surface area contributed by atoms with E-state index in [2.05, 4.69) is 76.3 Å². The summed E-state index contributed by atoms with van der Waals surface area (Å²) in [6, 6.07) is 30.5. The molecule has 0 radical (unpaired) electrons. The van der Waals surface area contributed by atoms with E-state index in [9.17, 15) is 19.8 Å². The first-order valence-electron chi connectivity index (χ1n) is 19.5. The van der Waals surface area contributed by atoms with Crippen molar-refractivity contribution in [2.75, 3.05) is 44.2 Å². The Balaban J connectivity index is 0.790. The van der Waals surface area contributed by atoms with Crippen LogP contribution in [0.25, 0.3) is 0 Å². The third-order valence-electron chi connectivity index (χ3n) is 11.9. The van der Waals surface area contributed by atoms with Gasteiger partial charge in [0, 0.05) is 68.6 Å². The van der Waals surface area contributed by atoms with Crippen molar-refractivity contribution in [3.05, 3.63) is 137 Å². The fourth-order valence-electron chi connectivity index (χ4n) is 8.91. The molecule has 2 unspecified atom stereocenters. The lowest BCUT2D eigenvalue weighted by molar-refractivity contribution is -0.126. The van der Waals surface area contributed by atoms with Crippen LogP contribution < -0.4 is 15.0 Å². The Morgan fingerprint density at radius 1 is 0.833 bits per heavy atom. The highest BCUT2D eigenvalue weighted by Crippen LogP contribution is 2.47. The summed E-state index contributed by atoms with van der Waals surface area (Å²) in [5.74, 6) is 1.45. The molecule has 2 amide bonds. The van der Waals surface area contributed by atoms with Gasteiger partial charge >= 0.3 is 0 Å². The number of phenolic OH excluding ortho intramolecular Hbond substituents is 1. The van der Waals surface area contributed by atoms with Gasteiger partial charge in [-0.05, 0) is 108 Å². The molecule has 3 heterocycles. The maximum absolute atomic E-state index is 13.1. The van der Waals surface area contributed by atoms with Gasteiger partial charge in [0.15, 0.2) is 0 Å². The third-order valence-corrected chi connectivity index (χ3v) is 11.9. The average molecular weight is 727 g/mol. The fourth-order valence-corrected chi connectivity index (χ4v) is 8.91. The Hall–Kier alpha value is -5.12. The van der Waals surface area contributed by atoms with E-state index in [1.807, 2.05) is 30.3 Å². The number of carbonyl (C=O) groups is 2. The van der Waals surface area contributed by atoms with E-state index in [1.54, 1.807) is 11.0 Å². The first-order chi connectivity index (χ1) is 26.3. The molecule has 4 aromatic rings. The summed E-state index contributed by atoms with van der Waals surface area (Å²) in [6.07, 6.45) is 4.08. The van der Waals surface area contributed by atoms with Gasteiger partial charge in [0.1, 0.15) is 17.5 Å². The van der Waals surface area contributed by atoms with Crippen molar-refractivity contribution in [2.24, 2.45) is 0 Å². The molecule has 1 aliphatic carbocycles. The second-order valence-corrected chi connectivity index (χ2v) is 15.3. The number of phenols is 1. The van der Waals surface area contributed by atoms with E-state index in [0.29, 0.717) is 61.8 Å². The van der Waals surface area contributed by atoms with Crippen LogP contribution >= 0.6 is 0 Å². The second kappa shape index (κ2) is 15.7. The third kappa shape index (κ3) is 7.61. The van der Waals surface area contributed by atoms with Crippen molar-refractivity contribution in [2.45, 2.75) is 69.1 Å². The number of piperazine rings is 1. The van der Waals surface area contributed by atoms with Crippen LogP contribution in [0.5, 0.6) is 11.5 Å². The molecular formula is C45H50N4O5. The number of ether oxygens (including phenoxy) is 1. The second-order valence-electron chi connectivity index (χ2n) is 15.3. The zero-order valence-electron chi connectivity index (χ0n) is 30.8. The summed E-state index contributed by atoms with van der Waals surface area (Å²) in [4.78, 5) is 32.2. The topological polar surface area (TPSA) is 106 Å². The van der Waals surface area contributed by atoms with E-state index in [4.69, 9.17) is 4.74 Å². The molecule has 2 fully saturated rings. The SMILES string of the molecule is C=C1CCC(N2Cc3cc(N4CCN(CCC(O)CCOc5ccc([C@@H]6c7ccc(O)cc7CC[C@@H]6c6ccccc6)cc5)CC4)ccc3C2=O)C(=O)N1. The Morgan fingerprint density at radius 2 is 1.63 bits per heavy atom. The number of allylic oxidation sites excluding steroid dienone is 1. The average Bonchev–Trinajstić information content (AvgIpc) is 3.52. The van der Waals surface area contributed by atoms with E-state index in [1.165, 1.54) is 22.3 Å². The van der Waals surface area contributed by atoms with Gasteiger partial charge in [0.05, 0.1) is 12.7 Å². The molecule has 8 rings (SSSR count). The number of carbonyl (C=O) groups excluding carboxylic acids is 2. The van der Waals surface area contributed by atoms with Crippen LogP contribution in [0.15, 0.2) is 103 Å². The summed E-state index contributed by atoms with van der Waals surface area (Å²) in [7, 11) is 0. The van der Waals surface area contributed by atoms with Gasteiger partial charge in [0.2, 0.25) is 5.91 Å². The van der Waals surface area contributed by atoms with Crippen molar-refractivity contribution in [3.8, 4) is 11.5 Å². The molecule has 9 heteroatoms. The number of piperidine rings is 1. The van der Waals surface area contributed by atoms with Crippen molar-refractivity contribution in [1.29, 1.82) is 0 Å². The number of hydrogen-bond acceptors (Lipinski definition) is 7. The maximum Gasteiger partial charge on any atom is 0.255 e. The molecule has 9 nitrogen and oxygen atoms in total. The van der Waals surface area contributed by atoms with Crippen molar-refractivity contribution < 1.29 is 24.5 Å². The van der Waals surface area contributed by atoms with Gasteiger partial charge in [-0.2, -0.15) is 0 Å². The number of aromatic hydroxyl groups is 1. The Labute approximate surface area is 317 Å². The van der Waals surface area contributed by atoms with Crippen LogP contribution in [0.3, 0.4) is 0 Å². The minimum absolute atomic E-state index is 0.0718. The van der Waals surface area contributed by atoms with Gasteiger partial charge in [-0.25, -0.2) is 0 Å². The summed E-state index contributed by atoms with van der Waals surface area (Å²) >= 11 is 0. The lowest BCUT2D eigenvalue weighted by atomic mass is 9.69. The van der Waals surface area contributed by atoms with Crippen LogP contribution in [0.1, 0.15) is 82.1 Å². The molecular weight excluding hydrogens is 677 g/mol. The summed E-state index contributed by atoms with van der Waals surface area (Å²) < 4.78 is 6.10. The molecule has 54 heavy (non-hydrogen) atoms. The number of amides is 2. The monoisotopic (exact) mass is 726 g/mol. The van der Waals surface area contributed by atoms with Crippen LogP contribution in [-0.4, -0.2) is 83.3 Å². The molecule has 0 spiro atoms. The Kier molecular flexibility index (Phi) is 10.4. The quantitative estimate of drug-likeness (QED) is 0.166. The minimum Gasteiger partial charge on any atom is -0.508 e. The first-order valence-corrected chi connectivity index (χ1v) is 19.5. The molecule has 4 atom stereocenters. The van der Waals surface area contributed by atoms with E-state index < -0.39 is 12.1 Å². The van der Waals surface area contributed by atoms with Crippen molar-refractivity contribution >= 4 is 17.5 Å². The molecule has 0 bridgehead atoms. The number of hydrogen-bond donors (Lipinski definition) is 3. The molecule has 280 valence electrons. The molecule has 4 aromatic carbocycles. The van der Waals surface area contributed by atoms with Crippen LogP contribution in [0.2, 0.25) is 0 Å². The van der Waals surface area contributed by atoms with Gasteiger partial charge < -0.3 is 30.1 Å². The summed E-state index contributed by atoms with van der Waals surface area (Å²) in [6.45, 7) is 9.15. The summed E-state index contributed by atoms with van der Waals surface area (Å²) in [5, 5.41) is 23.8. The molecule has 0 saturated carbocycles. The van der Waals surface area contributed by atoms with E-state index in [-0.39, 0.29) is 17.7 Å². The lowest BCUT2D eigenvalue weighted by Gasteiger charge is -2.36. The first kappa shape index (κ1) is 35.9.